The second-order valence-corrected chi connectivity index (χ2v) is 5.64. The Morgan fingerprint density at radius 3 is 1.60 bits per heavy atom. The third kappa shape index (κ3) is 1.79. The summed E-state index contributed by atoms with van der Waals surface area (Å²) in [6.07, 6.45) is 10.4. The molecule has 2 unspecified atom stereocenters. The van der Waals surface area contributed by atoms with Gasteiger partial charge in [0.1, 0.15) is 0 Å². The first kappa shape index (κ1) is 11.0. The third-order valence-electron chi connectivity index (χ3n) is 4.50. The van der Waals surface area contributed by atoms with E-state index in [4.69, 9.17) is 0 Å². The summed E-state index contributed by atoms with van der Waals surface area (Å²) in [6.45, 7) is 9.29. The zero-order chi connectivity index (χ0) is 11.1. The van der Waals surface area contributed by atoms with Crippen molar-refractivity contribution in [3.8, 4) is 0 Å². The van der Waals surface area contributed by atoms with Gasteiger partial charge in [-0.2, -0.15) is 0 Å². The van der Waals surface area contributed by atoms with Gasteiger partial charge < -0.3 is 0 Å². The van der Waals surface area contributed by atoms with Gasteiger partial charge in [-0.15, -0.1) is 0 Å². The van der Waals surface area contributed by atoms with Crippen LogP contribution in [0.1, 0.15) is 53.4 Å². The Bertz CT molecular complexity index is 274. The summed E-state index contributed by atoms with van der Waals surface area (Å²) in [5.41, 5.74) is 3.94. The van der Waals surface area contributed by atoms with Crippen LogP contribution >= 0.6 is 0 Å². The monoisotopic (exact) mass is 204 g/mol. The van der Waals surface area contributed by atoms with Crippen LogP contribution in [-0.2, 0) is 0 Å². The van der Waals surface area contributed by atoms with Gasteiger partial charge >= 0.3 is 0 Å². The first-order valence-corrected chi connectivity index (χ1v) is 6.53. The highest BCUT2D eigenvalue weighted by atomic mass is 14.5. The molecule has 2 rings (SSSR count). The normalized spacial score (nSPS) is 32.5. The van der Waals surface area contributed by atoms with Crippen molar-refractivity contribution < 1.29 is 0 Å². The lowest BCUT2D eigenvalue weighted by Crippen LogP contribution is -2.35. The predicted molar refractivity (Wildman–Crippen MR) is 66.7 cm³/mol. The van der Waals surface area contributed by atoms with Crippen molar-refractivity contribution in [2.75, 3.05) is 0 Å². The van der Waals surface area contributed by atoms with Crippen LogP contribution in [0.15, 0.2) is 23.3 Å². The van der Waals surface area contributed by atoms with E-state index in [0.717, 1.165) is 11.8 Å². The molecule has 1 spiro atoms. The average molecular weight is 204 g/mol. The lowest BCUT2D eigenvalue weighted by molar-refractivity contribution is 0.325. The molecular formula is C15H24. The van der Waals surface area contributed by atoms with Gasteiger partial charge in [0.25, 0.3) is 0 Å². The van der Waals surface area contributed by atoms with Crippen LogP contribution in [0.3, 0.4) is 0 Å². The lowest BCUT2D eigenvalue weighted by atomic mass is 9.56. The molecule has 2 aliphatic rings. The topological polar surface area (TPSA) is 0 Å². The van der Waals surface area contributed by atoms with Crippen LogP contribution in [0.4, 0.5) is 0 Å². The summed E-state index contributed by atoms with van der Waals surface area (Å²) >= 11 is 0. The van der Waals surface area contributed by atoms with Gasteiger partial charge in [0.05, 0.1) is 0 Å². The molecule has 0 radical (unpaired) electrons. The first-order valence-electron chi connectivity index (χ1n) is 6.53. The van der Waals surface area contributed by atoms with Gasteiger partial charge in [0.15, 0.2) is 0 Å². The number of rotatable bonds is 4. The molecule has 0 amide bonds. The van der Waals surface area contributed by atoms with Gasteiger partial charge in [-0.25, -0.2) is 0 Å². The number of hydrogen-bond acceptors (Lipinski definition) is 0. The highest BCUT2D eigenvalue weighted by Crippen LogP contribution is 2.55. The molecule has 0 aliphatic heterocycles. The lowest BCUT2D eigenvalue weighted by Gasteiger charge is -2.48. The summed E-state index contributed by atoms with van der Waals surface area (Å²) in [7, 11) is 0. The molecule has 0 aromatic rings. The van der Waals surface area contributed by atoms with Crippen molar-refractivity contribution in [1.82, 2.24) is 0 Å². The molecule has 0 aromatic carbocycles. The van der Waals surface area contributed by atoms with E-state index >= 15 is 0 Å². The van der Waals surface area contributed by atoms with Crippen molar-refractivity contribution >= 4 is 0 Å². The predicted octanol–water partition coefficient (Wildman–Crippen LogP) is 4.73. The SMILES string of the molecule is CCC(C)C1=CC2(C=C(C(C)CC)C2)C1. The van der Waals surface area contributed by atoms with Crippen LogP contribution in [0.5, 0.6) is 0 Å². The summed E-state index contributed by atoms with van der Waals surface area (Å²) in [5.74, 6) is 1.63. The van der Waals surface area contributed by atoms with Crippen LogP contribution in [0, 0.1) is 17.3 Å². The van der Waals surface area contributed by atoms with E-state index in [1.165, 1.54) is 25.7 Å². The molecule has 0 saturated carbocycles. The molecule has 0 heterocycles. The molecule has 2 aliphatic carbocycles. The van der Waals surface area contributed by atoms with Gasteiger partial charge in [0, 0.05) is 5.41 Å². The fraction of sp³-hybridized carbons (Fsp3) is 0.733. The third-order valence-corrected chi connectivity index (χ3v) is 4.50. The Labute approximate surface area is 94.5 Å². The van der Waals surface area contributed by atoms with Gasteiger partial charge in [-0.1, -0.05) is 51.0 Å². The fourth-order valence-electron chi connectivity index (χ4n) is 2.80. The zero-order valence-corrected chi connectivity index (χ0v) is 10.6. The van der Waals surface area contributed by atoms with E-state index in [2.05, 4.69) is 39.8 Å². The molecule has 0 N–H and O–H groups in total. The second-order valence-electron chi connectivity index (χ2n) is 5.64. The summed E-state index contributed by atoms with van der Waals surface area (Å²) in [4.78, 5) is 0. The maximum atomic E-state index is 2.55. The minimum atomic E-state index is 0.525. The summed E-state index contributed by atoms with van der Waals surface area (Å²) in [5, 5.41) is 0. The van der Waals surface area contributed by atoms with E-state index in [-0.39, 0.29) is 0 Å². The second kappa shape index (κ2) is 3.81. The van der Waals surface area contributed by atoms with Crippen LogP contribution in [0.25, 0.3) is 0 Å². The molecule has 0 nitrogen and oxygen atoms in total. The minimum Gasteiger partial charge on any atom is -0.0744 e. The maximum absolute atomic E-state index is 2.55. The van der Waals surface area contributed by atoms with E-state index < -0.39 is 0 Å². The van der Waals surface area contributed by atoms with E-state index in [0.29, 0.717) is 5.41 Å². The highest BCUT2D eigenvalue weighted by Gasteiger charge is 2.43. The molecule has 2 atom stereocenters. The Morgan fingerprint density at radius 1 is 1.00 bits per heavy atom. The van der Waals surface area contributed by atoms with Crippen LogP contribution in [0.2, 0.25) is 0 Å². The molecule has 84 valence electrons. The van der Waals surface area contributed by atoms with E-state index in [9.17, 15) is 0 Å². The molecule has 15 heavy (non-hydrogen) atoms. The molecule has 0 bridgehead atoms. The minimum absolute atomic E-state index is 0.525. The van der Waals surface area contributed by atoms with Crippen molar-refractivity contribution in [2.24, 2.45) is 17.3 Å². The Morgan fingerprint density at radius 2 is 1.33 bits per heavy atom. The van der Waals surface area contributed by atoms with Crippen LogP contribution in [-0.4, -0.2) is 0 Å². The smallest absolute Gasteiger partial charge is 0.0141 e. The largest absolute Gasteiger partial charge is 0.0744 e. The highest BCUT2D eigenvalue weighted by molar-refractivity contribution is 5.41. The molecule has 0 saturated heterocycles. The molecule has 0 fully saturated rings. The average Bonchev–Trinajstić information content (AvgIpc) is 2.12. The number of allylic oxidation sites excluding steroid dienone is 4. The molecule has 0 aromatic heterocycles. The quantitative estimate of drug-likeness (QED) is 0.581. The van der Waals surface area contributed by atoms with Gasteiger partial charge in [-0.05, 0) is 37.5 Å². The standard InChI is InChI=1S/C15H24/c1-5-11(3)13-7-15(8-13)9-14(10-15)12(4)6-2/h7,9,11-12H,5-6,8,10H2,1-4H3. The Hall–Kier alpha value is -0.520. The molecule has 0 heteroatoms. The molecular weight excluding hydrogens is 180 g/mol. The van der Waals surface area contributed by atoms with Crippen molar-refractivity contribution in [2.45, 2.75) is 53.4 Å². The fourth-order valence-corrected chi connectivity index (χ4v) is 2.80. The zero-order valence-electron chi connectivity index (χ0n) is 10.6. The van der Waals surface area contributed by atoms with Gasteiger partial charge in [0.2, 0.25) is 0 Å². The van der Waals surface area contributed by atoms with E-state index in [1.807, 2.05) is 0 Å². The summed E-state index contributed by atoms with van der Waals surface area (Å²) < 4.78 is 0. The Kier molecular flexibility index (Phi) is 2.79. The maximum Gasteiger partial charge on any atom is 0.0141 e. The Balaban J connectivity index is 1.96. The number of hydrogen-bond donors (Lipinski definition) is 0. The van der Waals surface area contributed by atoms with Gasteiger partial charge in [-0.3, -0.25) is 0 Å². The van der Waals surface area contributed by atoms with Crippen LogP contribution < -0.4 is 0 Å². The van der Waals surface area contributed by atoms with Crippen molar-refractivity contribution in [3.63, 3.8) is 0 Å². The van der Waals surface area contributed by atoms with Crippen molar-refractivity contribution in [1.29, 1.82) is 0 Å². The van der Waals surface area contributed by atoms with E-state index in [1.54, 1.807) is 11.1 Å². The van der Waals surface area contributed by atoms with Crippen molar-refractivity contribution in [3.05, 3.63) is 23.3 Å². The first-order chi connectivity index (χ1) is 7.10. The summed E-state index contributed by atoms with van der Waals surface area (Å²) in [6, 6.07) is 0.